The Morgan fingerprint density at radius 2 is 1.65 bits per heavy atom. The number of halogens is 1. The number of carbonyl (C=O) groups is 1. The highest BCUT2D eigenvalue weighted by molar-refractivity contribution is 14.1. The molecule has 2 aliphatic rings. The van der Waals surface area contributed by atoms with E-state index in [4.69, 9.17) is 14.0 Å². The Morgan fingerprint density at radius 1 is 1.10 bits per heavy atom. The van der Waals surface area contributed by atoms with Gasteiger partial charge in [0.1, 0.15) is 5.60 Å². The van der Waals surface area contributed by atoms with Crippen LogP contribution in [0, 0.1) is 10.5 Å². The summed E-state index contributed by atoms with van der Waals surface area (Å²) in [6, 6.07) is 4.46. The van der Waals surface area contributed by atoms with E-state index < -0.39 is 5.60 Å². The molecular weight excluding hydrogens is 506 g/mol. The molecule has 1 aromatic rings. The lowest BCUT2D eigenvalue weighted by Gasteiger charge is -2.35. The Labute approximate surface area is 201 Å². The smallest absolute Gasteiger partial charge is 0.444 e. The van der Waals surface area contributed by atoms with Crippen LogP contribution in [0.5, 0.6) is 0 Å². The number of nitrogens with zero attached hydrogens (tertiary/aromatic N) is 2. The van der Waals surface area contributed by atoms with Gasteiger partial charge in [-0.05, 0) is 101 Å². The minimum absolute atomic E-state index is 0.222. The van der Waals surface area contributed by atoms with Gasteiger partial charge in [-0.3, -0.25) is 4.90 Å². The van der Waals surface area contributed by atoms with Gasteiger partial charge in [-0.1, -0.05) is 6.07 Å². The van der Waals surface area contributed by atoms with Crippen molar-refractivity contribution < 1.29 is 18.8 Å². The molecule has 2 fully saturated rings. The van der Waals surface area contributed by atoms with Crippen molar-refractivity contribution in [1.29, 1.82) is 0 Å². The summed E-state index contributed by atoms with van der Waals surface area (Å²) >= 11 is 2.40. The van der Waals surface area contributed by atoms with E-state index in [1.54, 1.807) is 4.90 Å². The molecule has 2 heterocycles. The second-order valence-electron chi connectivity index (χ2n) is 10.6. The van der Waals surface area contributed by atoms with Crippen LogP contribution in [0.15, 0.2) is 12.1 Å². The van der Waals surface area contributed by atoms with Crippen molar-refractivity contribution in [2.24, 2.45) is 0 Å². The minimum atomic E-state index is -0.462. The number of hydrogen-bond acceptors (Lipinski definition) is 5. The third kappa shape index (κ3) is 5.75. The van der Waals surface area contributed by atoms with Gasteiger partial charge in [0.15, 0.2) is 0 Å². The molecule has 8 heteroatoms. The maximum absolute atomic E-state index is 12.3. The molecule has 31 heavy (non-hydrogen) atoms. The summed E-state index contributed by atoms with van der Waals surface area (Å²) in [4.78, 5) is 16.5. The third-order valence-electron chi connectivity index (χ3n) is 6.38. The lowest BCUT2D eigenvalue weighted by Crippen LogP contribution is -2.49. The van der Waals surface area contributed by atoms with Gasteiger partial charge in [0.2, 0.25) is 0 Å². The standard InChI is InChI=1S/C23H36BIN2O4/c1-16-18(24-30-22(5,6)23(7,8)31-24)13-17(14-19(16)25)15-26-9-11-27(12-10-26)20(28)29-21(2,3)4/h13-14H,9-12,15H2,1-8H3. The zero-order chi connectivity index (χ0) is 23.2. The van der Waals surface area contributed by atoms with Crippen LogP contribution in [0.1, 0.15) is 59.6 Å². The highest BCUT2D eigenvalue weighted by Crippen LogP contribution is 2.37. The molecule has 0 saturated carbocycles. The summed E-state index contributed by atoms with van der Waals surface area (Å²) in [6.07, 6.45) is -0.222. The summed E-state index contributed by atoms with van der Waals surface area (Å²) in [7, 11) is -0.359. The van der Waals surface area contributed by atoms with Crippen LogP contribution in [-0.4, -0.2) is 66.0 Å². The molecule has 1 amide bonds. The zero-order valence-corrected chi connectivity index (χ0v) is 22.3. The van der Waals surface area contributed by atoms with E-state index in [1.807, 2.05) is 20.8 Å². The lowest BCUT2D eigenvalue weighted by molar-refractivity contribution is 0.00578. The van der Waals surface area contributed by atoms with Crippen molar-refractivity contribution in [3.05, 3.63) is 26.8 Å². The average molecular weight is 542 g/mol. The molecule has 1 aromatic carbocycles. The summed E-state index contributed by atoms with van der Waals surface area (Å²) in [6.45, 7) is 20.0. The van der Waals surface area contributed by atoms with Crippen molar-refractivity contribution in [3.63, 3.8) is 0 Å². The Hall–Kier alpha value is -0.835. The van der Waals surface area contributed by atoms with Crippen LogP contribution in [0.3, 0.4) is 0 Å². The summed E-state index contributed by atoms with van der Waals surface area (Å²) in [5.74, 6) is 0. The van der Waals surface area contributed by atoms with Gasteiger partial charge in [0.05, 0.1) is 11.2 Å². The predicted molar refractivity (Wildman–Crippen MR) is 133 cm³/mol. The summed E-state index contributed by atoms with van der Waals surface area (Å²) in [5, 5.41) is 0. The Morgan fingerprint density at radius 3 is 2.16 bits per heavy atom. The lowest BCUT2D eigenvalue weighted by atomic mass is 9.75. The quantitative estimate of drug-likeness (QED) is 0.428. The van der Waals surface area contributed by atoms with E-state index in [1.165, 1.54) is 14.7 Å². The van der Waals surface area contributed by atoms with E-state index in [2.05, 4.69) is 74.2 Å². The molecule has 2 aliphatic heterocycles. The van der Waals surface area contributed by atoms with Gasteiger partial charge >= 0.3 is 13.2 Å². The van der Waals surface area contributed by atoms with Crippen LogP contribution in [0.4, 0.5) is 4.79 Å². The zero-order valence-electron chi connectivity index (χ0n) is 20.2. The Balaban J connectivity index is 1.67. The molecule has 0 atom stereocenters. The summed E-state index contributed by atoms with van der Waals surface area (Å²) < 4.78 is 19.3. The second kappa shape index (κ2) is 8.84. The fraction of sp³-hybridized carbons (Fsp3) is 0.696. The number of piperazine rings is 1. The molecule has 3 rings (SSSR count). The number of rotatable bonds is 3. The molecule has 0 unspecified atom stereocenters. The van der Waals surface area contributed by atoms with Crippen molar-refractivity contribution in [3.8, 4) is 0 Å². The molecule has 0 N–H and O–H groups in total. The van der Waals surface area contributed by atoms with Gasteiger partial charge in [-0.25, -0.2) is 4.79 Å². The van der Waals surface area contributed by atoms with Crippen molar-refractivity contribution in [1.82, 2.24) is 9.80 Å². The fourth-order valence-corrected chi connectivity index (χ4v) is 4.45. The first-order valence-corrected chi connectivity index (χ1v) is 12.1. The maximum Gasteiger partial charge on any atom is 0.495 e. The van der Waals surface area contributed by atoms with Crippen molar-refractivity contribution in [2.45, 2.75) is 78.7 Å². The highest BCUT2D eigenvalue weighted by atomic mass is 127. The average Bonchev–Trinajstić information content (AvgIpc) is 2.84. The van der Waals surface area contributed by atoms with Crippen LogP contribution in [0.25, 0.3) is 0 Å². The molecule has 0 bridgehead atoms. The topological polar surface area (TPSA) is 51.2 Å². The molecular formula is C23H36BIN2O4. The van der Waals surface area contributed by atoms with E-state index in [0.29, 0.717) is 13.1 Å². The molecule has 6 nitrogen and oxygen atoms in total. The SMILES string of the molecule is Cc1c(I)cc(CN2CCN(C(=O)OC(C)(C)C)CC2)cc1B1OC(C)(C)C(C)(C)O1. The molecule has 0 spiro atoms. The second-order valence-corrected chi connectivity index (χ2v) is 11.8. The molecule has 0 aliphatic carbocycles. The number of benzene rings is 1. The van der Waals surface area contributed by atoms with Crippen LogP contribution < -0.4 is 5.46 Å². The maximum atomic E-state index is 12.3. The van der Waals surface area contributed by atoms with Crippen molar-refractivity contribution in [2.75, 3.05) is 26.2 Å². The van der Waals surface area contributed by atoms with E-state index >= 15 is 0 Å². The Kier molecular flexibility index (Phi) is 7.07. The van der Waals surface area contributed by atoms with Crippen LogP contribution >= 0.6 is 22.6 Å². The largest absolute Gasteiger partial charge is 0.495 e. The highest BCUT2D eigenvalue weighted by Gasteiger charge is 2.52. The van der Waals surface area contributed by atoms with Gasteiger partial charge in [0.25, 0.3) is 0 Å². The fourth-order valence-electron chi connectivity index (χ4n) is 3.74. The van der Waals surface area contributed by atoms with Crippen LogP contribution in [0.2, 0.25) is 0 Å². The molecule has 0 aromatic heterocycles. The van der Waals surface area contributed by atoms with Gasteiger partial charge in [-0.15, -0.1) is 0 Å². The summed E-state index contributed by atoms with van der Waals surface area (Å²) in [5.41, 5.74) is 2.38. The number of carbonyl (C=O) groups excluding carboxylic acids is 1. The van der Waals surface area contributed by atoms with Crippen LogP contribution in [-0.2, 0) is 20.6 Å². The molecule has 172 valence electrons. The minimum Gasteiger partial charge on any atom is -0.444 e. The van der Waals surface area contributed by atoms with Gasteiger partial charge in [-0.2, -0.15) is 0 Å². The van der Waals surface area contributed by atoms with E-state index in [0.717, 1.165) is 25.1 Å². The predicted octanol–water partition coefficient (Wildman–Crippen LogP) is 3.95. The first-order valence-electron chi connectivity index (χ1n) is 11.0. The molecule has 0 radical (unpaired) electrons. The molecule has 2 saturated heterocycles. The number of amides is 1. The normalized spacial score (nSPS) is 21.5. The Bertz CT molecular complexity index is 814. The first-order chi connectivity index (χ1) is 14.2. The van der Waals surface area contributed by atoms with Crippen molar-refractivity contribution >= 4 is 41.3 Å². The van der Waals surface area contributed by atoms with Gasteiger partial charge < -0.3 is 18.9 Å². The first kappa shape index (κ1) is 24.8. The van der Waals surface area contributed by atoms with E-state index in [-0.39, 0.29) is 24.4 Å². The number of ether oxygens (including phenoxy) is 1. The van der Waals surface area contributed by atoms with Gasteiger partial charge in [0, 0.05) is 36.3 Å². The third-order valence-corrected chi connectivity index (χ3v) is 7.50. The number of hydrogen-bond donors (Lipinski definition) is 0. The van der Waals surface area contributed by atoms with E-state index in [9.17, 15) is 4.79 Å². The monoisotopic (exact) mass is 542 g/mol.